The van der Waals surface area contributed by atoms with Crippen LogP contribution in [-0.4, -0.2) is 35.8 Å². The van der Waals surface area contributed by atoms with Crippen LogP contribution in [-0.2, 0) is 4.74 Å². The number of benzene rings is 1. The van der Waals surface area contributed by atoms with E-state index in [2.05, 4.69) is 29.3 Å². The first-order valence-electron chi connectivity index (χ1n) is 9.24. The highest BCUT2D eigenvalue weighted by molar-refractivity contribution is 6.06. The van der Waals surface area contributed by atoms with Crippen molar-refractivity contribution in [3.8, 4) is 11.3 Å². The quantitative estimate of drug-likeness (QED) is 0.609. The molecule has 0 radical (unpaired) electrons. The second-order valence-corrected chi connectivity index (χ2v) is 6.95. The first kappa shape index (κ1) is 19.0. The van der Waals surface area contributed by atoms with Crippen molar-refractivity contribution >= 4 is 17.0 Å². The monoisotopic (exact) mass is 367 g/mol. The molecule has 0 aliphatic heterocycles. The van der Waals surface area contributed by atoms with Gasteiger partial charge in [-0.2, -0.15) is 0 Å². The smallest absolute Gasteiger partial charge is 0.259 e. The van der Waals surface area contributed by atoms with Crippen molar-refractivity contribution in [2.45, 2.75) is 27.2 Å². The van der Waals surface area contributed by atoms with Gasteiger partial charge in [0, 0.05) is 25.3 Å². The van der Waals surface area contributed by atoms with Crippen molar-refractivity contribution in [3.63, 3.8) is 0 Å². The molecule has 2 heterocycles. The Bertz CT molecular complexity index is 904. The Labute approximate surface area is 158 Å². The SMILES string of the molecule is Cc1noc2nc(-c3ccccc3)cc(C(=O)NCCCOCC(C)C)c12. The topological polar surface area (TPSA) is 77.2 Å². The van der Waals surface area contributed by atoms with Crippen LogP contribution in [0.4, 0.5) is 0 Å². The van der Waals surface area contributed by atoms with Gasteiger partial charge < -0.3 is 14.6 Å². The fourth-order valence-corrected chi connectivity index (χ4v) is 2.82. The zero-order chi connectivity index (χ0) is 19.2. The minimum Gasteiger partial charge on any atom is -0.381 e. The Morgan fingerprint density at radius 1 is 1.26 bits per heavy atom. The lowest BCUT2D eigenvalue weighted by Crippen LogP contribution is -2.26. The van der Waals surface area contributed by atoms with Crippen LogP contribution in [0.25, 0.3) is 22.4 Å². The fraction of sp³-hybridized carbons (Fsp3) is 0.381. The van der Waals surface area contributed by atoms with E-state index in [1.807, 2.05) is 37.3 Å². The molecule has 27 heavy (non-hydrogen) atoms. The zero-order valence-corrected chi connectivity index (χ0v) is 16.0. The highest BCUT2D eigenvalue weighted by Crippen LogP contribution is 2.26. The van der Waals surface area contributed by atoms with Crippen LogP contribution in [0.15, 0.2) is 40.9 Å². The van der Waals surface area contributed by atoms with E-state index in [0.29, 0.717) is 47.1 Å². The highest BCUT2D eigenvalue weighted by Gasteiger charge is 2.19. The minimum atomic E-state index is -0.158. The van der Waals surface area contributed by atoms with E-state index in [1.54, 1.807) is 6.07 Å². The third-order valence-electron chi connectivity index (χ3n) is 4.13. The number of rotatable bonds is 8. The molecule has 1 amide bonds. The predicted molar refractivity (Wildman–Crippen MR) is 105 cm³/mol. The summed E-state index contributed by atoms with van der Waals surface area (Å²) in [5.41, 5.74) is 3.16. The number of nitrogens with zero attached hydrogens (tertiary/aromatic N) is 2. The summed E-state index contributed by atoms with van der Waals surface area (Å²) in [6.45, 7) is 7.95. The molecule has 0 unspecified atom stereocenters. The van der Waals surface area contributed by atoms with Crippen LogP contribution in [0.1, 0.15) is 36.3 Å². The van der Waals surface area contributed by atoms with Crippen LogP contribution >= 0.6 is 0 Å². The van der Waals surface area contributed by atoms with Gasteiger partial charge in [-0.3, -0.25) is 4.79 Å². The van der Waals surface area contributed by atoms with E-state index < -0.39 is 0 Å². The molecule has 0 aliphatic rings. The number of aryl methyl sites for hydroxylation is 1. The summed E-state index contributed by atoms with van der Waals surface area (Å²) in [5.74, 6) is 0.354. The van der Waals surface area contributed by atoms with Gasteiger partial charge in [0.1, 0.15) is 0 Å². The van der Waals surface area contributed by atoms with E-state index in [4.69, 9.17) is 9.26 Å². The highest BCUT2D eigenvalue weighted by atomic mass is 16.5. The molecule has 6 nitrogen and oxygen atoms in total. The number of amides is 1. The Kier molecular flexibility index (Phi) is 6.19. The number of hydrogen-bond donors (Lipinski definition) is 1. The summed E-state index contributed by atoms with van der Waals surface area (Å²) < 4.78 is 10.9. The van der Waals surface area contributed by atoms with Gasteiger partial charge in [-0.1, -0.05) is 49.3 Å². The maximum atomic E-state index is 12.8. The first-order chi connectivity index (χ1) is 13.1. The first-order valence-corrected chi connectivity index (χ1v) is 9.24. The molecule has 3 rings (SSSR count). The number of ether oxygens (including phenoxy) is 1. The summed E-state index contributed by atoms with van der Waals surface area (Å²) in [6.07, 6.45) is 0.765. The van der Waals surface area contributed by atoms with Gasteiger partial charge in [0.15, 0.2) is 0 Å². The van der Waals surface area contributed by atoms with E-state index >= 15 is 0 Å². The molecule has 6 heteroatoms. The third kappa shape index (κ3) is 4.71. The van der Waals surface area contributed by atoms with Gasteiger partial charge in [-0.25, -0.2) is 4.98 Å². The molecule has 0 saturated carbocycles. The Balaban J connectivity index is 1.76. The van der Waals surface area contributed by atoms with Crippen molar-refractivity contribution in [3.05, 3.63) is 47.7 Å². The molecule has 0 bridgehead atoms. The fourth-order valence-electron chi connectivity index (χ4n) is 2.82. The van der Waals surface area contributed by atoms with Crippen LogP contribution in [0.3, 0.4) is 0 Å². The molecule has 0 atom stereocenters. The molecule has 1 aromatic carbocycles. The number of aromatic nitrogens is 2. The second kappa shape index (κ2) is 8.77. The van der Waals surface area contributed by atoms with E-state index in [-0.39, 0.29) is 5.91 Å². The van der Waals surface area contributed by atoms with Crippen LogP contribution in [0.2, 0.25) is 0 Å². The molecular formula is C21H25N3O3. The summed E-state index contributed by atoms with van der Waals surface area (Å²) in [4.78, 5) is 17.3. The molecule has 0 fully saturated rings. The molecular weight excluding hydrogens is 342 g/mol. The van der Waals surface area contributed by atoms with E-state index in [1.165, 1.54) is 0 Å². The number of carbonyl (C=O) groups excluding carboxylic acids is 1. The van der Waals surface area contributed by atoms with Gasteiger partial charge in [0.25, 0.3) is 11.6 Å². The second-order valence-electron chi connectivity index (χ2n) is 6.95. The number of carbonyl (C=O) groups is 1. The third-order valence-corrected chi connectivity index (χ3v) is 4.13. The Morgan fingerprint density at radius 2 is 2.04 bits per heavy atom. The van der Waals surface area contributed by atoms with Crippen LogP contribution in [0, 0.1) is 12.8 Å². The van der Waals surface area contributed by atoms with Crippen molar-refractivity contribution in [1.29, 1.82) is 0 Å². The summed E-state index contributed by atoms with van der Waals surface area (Å²) in [7, 11) is 0. The molecule has 2 aromatic heterocycles. The number of fused-ring (bicyclic) bond motifs is 1. The standard InChI is InChI=1S/C21H25N3O3/c1-14(2)13-26-11-7-10-22-20(25)17-12-18(16-8-5-4-6-9-16)23-21-19(17)15(3)24-27-21/h4-6,8-9,12,14H,7,10-11,13H2,1-3H3,(H,22,25). The maximum Gasteiger partial charge on any atom is 0.259 e. The van der Waals surface area contributed by atoms with Gasteiger partial charge in [-0.05, 0) is 25.3 Å². The lowest BCUT2D eigenvalue weighted by atomic mass is 10.1. The maximum absolute atomic E-state index is 12.8. The van der Waals surface area contributed by atoms with Crippen LogP contribution in [0.5, 0.6) is 0 Å². The van der Waals surface area contributed by atoms with E-state index in [0.717, 1.165) is 18.6 Å². The lowest BCUT2D eigenvalue weighted by Gasteiger charge is -2.09. The average molecular weight is 367 g/mol. The molecule has 1 N–H and O–H groups in total. The minimum absolute atomic E-state index is 0.158. The van der Waals surface area contributed by atoms with Gasteiger partial charge in [0.2, 0.25) is 0 Å². The molecule has 3 aromatic rings. The Hall–Kier alpha value is -2.73. The van der Waals surface area contributed by atoms with E-state index in [9.17, 15) is 4.79 Å². The average Bonchev–Trinajstić information content (AvgIpc) is 3.05. The Morgan fingerprint density at radius 3 is 2.78 bits per heavy atom. The lowest BCUT2D eigenvalue weighted by molar-refractivity contribution is 0.0926. The molecule has 0 saturated heterocycles. The van der Waals surface area contributed by atoms with Crippen molar-refractivity contribution in [2.75, 3.05) is 19.8 Å². The van der Waals surface area contributed by atoms with Crippen LogP contribution < -0.4 is 5.32 Å². The molecule has 0 spiro atoms. The molecule has 142 valence electrons. The summed E-state index contributed by atoms with van der Waals surface area (Å²) in [6, 6.07) is 11.5. The normalized spacial score (nSPS) is 11.3. The van der Waals surface area contributed by atoms with Gasteiger partial charge >= 0.3 is 0 Å². The van der Waals surface area contributed by atoms with Crippen molar-refractivity contribution in [2.24, 2.45) is 5.92 Å². The zero-order valence-electron chi connectivity index (χ0n) is 16.0. The predicted octanol–water partition coefficient (Wildman–Crippen LogP) is 3.99. The number of hydrogen-bond acceptors (Lipinski definition) is 5. The van der Waals surface area contributed by atoms with Gasteiger partial charge in [0.05, 0.1) is 22.3 Å². The van der Waals surface area contributed by atoms with Crippen molar-refractivity contribution < 1.29 is 14.1 Å². The van der Waals surface area contributed by atoms with Crippen molar-refractivity contribution in [1.82, 2.24) is 15.5 Å². The largest absolute Gasteiger partial charge is 0.381 e. The molecule has 0 aliphatic carbocycles. The summed E-state index contributed by atoms with van der Waals surface area (Å²) in [5, 5.41) is 7.59. The summed E-state index contributed by atoms with van der Waals surface area (Å²) >= 11 is 0. The number of nitrogens with one attached hydrogen (secondary N) is 1. The number of pyridine rings is 1. The van der Waals surface area contributed by atoms with Gasteiger partial charge in [-0.15, -0.1) is 0 Å².